The minimum absolute atomic E-state index is 0.143. The molecule has 6 heteroatoms. The largest absolute Gasteiger partial charge is 0.480 e. The van der Waals surface area contributed by atoms with Crippen molar-refractivity contribution in [1.82, 2.24) is 9.80 Å². The summed E-state index contributed by atoms with van der Waals surface area (Å²) in [6.07, 6.45) is 1.62. The lowest BCUT2D eigenvalue weighted by molar-refractivity contribution is -0.137. The number of hydrogen-bond acceptors (Lipinski definition) is 3. The van der Waals surface area contributed by atoms with Crippen LogP contribution in [-0.4, -0.2) is 66.3 Å². The van der Waals surface area contributed by atoms with E-state index < -0.39 is 5.97 Å². The van der Waals surface area contributed by atoms with E-state index in [0.29, 0.717) is 19.8 Å². The second-order valence-electron chi connectivity index (χ2n) is 5.41. The van der Waals surface area contributed by atoms with E-state index in [2.05, 4.69) is 0 Å². The SMILES string of the molecule is CC(C)CN(CC(=O)O)C(=O)N(C)C1CCOCC1. The molecule has 0 spiro atoms. The van der Waals surface area contributed by atoms with Gasteiger partial charge in [0.1, 0.15) is 6.54 Å². The Morgan fingerprint density at radius 1 is 1.32 bits per heavy atom. The molecular weight excluding hydrogens is 248 g/mol. The van der Waals surface area contributed by atoms with Crippen molar-refractivity contribution in [3.05, 3.63) is 0 Å². The van der Waals surface area contributed by atoms with Gasteiger partial charge in [0.05, 0.1) is 0 Å². The summed E-state index contributed by atoms with van der Waals surface area (Å²) in [5, 5.41) is 8.91. The third kappa shape index (κ3) is 5.06. The maximum Gasteiger partial charge on any atom is 0.323 e. The highest BCUT2D eigenvalue weighted by molar-refractivity contribution is 5.80. The Morgan fingerprint density at radius 3 is 2.37 bits per heavy atom. The fraction of sp³-hybridized carbons (Fsp3) is 0.846. The summed E-state index contributed by atoms with van der Waals surface area (Å²) >= 11 is 0. The summed E-state index contributed by atoms with van der Waals surface area (Å²) in [7, 11) is 1.74. The van der Waals surface area contributed by atoms with Crippen molar-refractivity contribution in [2.45, 2.75) is 32.7 Å². The number of carbonyl (C=O) groups is 2. The number of amides is 2. The first-order valence-electron chi connectivity index (χ1n) is 6.73. The van der Waals surface area contributed by atoms with E-state index in [1.807, 2.05) is 13.8 Å². The van der Waals surface area contributed by atoms with E-state index in [4.69, 9.17) is 9.84 Å². The van der Waals surface area contributed by atoms with Gasteiger partial charge in [0.15, 0.2) is 0 Å². The Morgan fingerprint density at radius 2 is 1.89 bits per heavy atom. The molecule has 1 saturated heterocycles. The van der Waals surface area contributed by atoms with Crippen LogP contribution < -0.4 is 0 Å². The molecule has 1 fully saturated rings. The molecule has 110 valence electrons. The molecule has 1 aliphatic rings. The van der Waals surface area contributed by atoms with E-state index in [0.717, 1.165) is 12.8 Å². The summed E-state index contributed by atoms with van der Waals surface area (Å²) in [5.41, 5.74) is 0. The zero-order valence-electron chi connectivity index (χ0n) is 12.0. The molecule has 0 aromatic carbocycles. The van der Waals surface area contributed by atoms with Crippen LogP contribution in [0.3, 0.4) is 0 Å². The van der Waals surface area contributed by atoms with Crippen molar-refractivity contribution in [2.75, 3.05) is 33.4 Å². The molecule has 6 nitrogen and oxygen atoms in total. The molecule has 0 atom stereocenters. The number of carboxylic acids is 1. The summed E-state index contributed by atoms with van der Waals surface area (Å²) in [6, 6.07) is -0.0623. The lowest BCUT2D eigenvalue weighted by Crippen LogP contribution is -2.50. The Kier molecular flexibility index (Phi) is 6.08. The number of rotatable bonds is 5. The van der Waals surface area contributed by atoms with E-state index in [1.165, 1.54) is 4.90 Å². The Labute approximate surface area is 114 Å². The summed E-state index contributed by atoms with van der Waals surface area (Å²) < 4.78 is 5.27. The zero-order valence-corrected chi connectivity index (χ0v) is 12.0. The molecule has 0 unspecified atom stereocenters. The van der Waals surface area contributed by atoms with Crippen LogP contribution in [0, 0.1) is 5.92 Å². The summed E-state index contributed by atoms with van der Waals surface area (Å²) in [5.74, 6) is -0.735. The summed E-state index contributed by atoms with van der Waals surface area (Å²) in [4.78, 5) is 26.3. The molecule has 19 heavy (non-hydrogen) atoms. The van der Waals surface area contributed by atoms with Gasteiger partial charge in [-0.1, -0.05) is 13.8 Å². The van der Waals surface area contributed by atoms with Crippen molar-refractivity contribution >= 4 is 12.0 Å². The molecule has 0 aromatic rings. The highest BCUT2D eigenvalue weighted by atomic mass is 16.5. The first-order chi connectivity index (χ1) is 8.91. The van der Waals surface area contributed by atoms with Crippen molar-refractivity contribution in [3.8, 4) is 0 Å². The van der Waals surface area contributed by atoms with E-state index >= 15 is 0 Å². The Hall–Kier alpha value is -1.30. The Bertz CT molecular complexity index is 314. The predicted octanol–water partition coefficient (Wildman–Crippen LogP) is 1.26. The third-order valence-corrected chi connectivity index (χ3v) is 3.22. The zero-order chi connectivity index (χ0) is 14.4. The summed E-state index contributed by atoms with van der Waals surface area (Å²) in [6.45, 7) is 5.47. The molecule has 0 radical (unpaired) electrons. The normalized spacial score (nSPS) is 16.4. The highest BCUT2D eigenvalue weighted by Crippen LogP contribution is 2.15. The van der Waals surface area contributed by atoms with Crippen LogP contribution in [0.25, 0.3) is 0 Å². The van der Waals surface area contributed by atoms with Gasteiger partial charge in [-0.15, -0.1) is 0 Å². The second kappa shape index (κ2) is 7.33. The monoisotopic (exact) mass is 272 g/mol. The number of nitrogens with zero attached hydrogens (tertiary/aromatic N) is 2. The molecule has 1 rings (SSSR count). The highest BCUT2D eigenvalue weighted by Gasteiger charge is 2.27. The smallest absolute Gasteiger partial charge is 0.323 e. The van der Waals surface area contributed by atoms with Gasteiger partial charge < -0.3 is 19.6 Å². The number of hydrogen-bond donors (Lipinski definition) is 1. The van der Waals surface area contributed by atoms with Crippen molar-refractivity contribution in [1.29, 1.82) is 0 Å². The molecule has 0 aliphatic carbocycles. The van der Waals surface area contributed by atoms with E-state index in [1.54, 1.807) is 11.9 Å². The molecule has 0 bridgehead atoms. The number of ether oxygens (including phenoxy) is 1. The van der Waals surface area contributed by atoms with Crippen molar-refractivity contribution < 1.29 is 19.4 Å². The van der Waals surface area contributed by atoms with Crippen LogP contribution in [0.2, 0.25) is 0 Å². The first kappa shape index (κ1) is 15.8. The van der Waals surface area contributed by atoms with Gasteiger partial charge >= 0.3 is 12.0 Å². The molecule has 2 amide bonds. The lowest BCUT2D eigenvalue weighted by Gasteiger charge is -2.35. The van der Waals surface area contributed by atoms with Crippen LogP contribution in [-0.2, 0) is 9.53 Å². The number of aliphatic carboxylic acids is 1. The van der Waals surface area contributed by atoms with Gasteiger partial charge in [0, 0.05) is 32.8 Å². The van der Waals surface area contributed by atoms with Gasteiger partial charge in [0.2, 0.25) is 0 Å². The fourth-order valence-electron chi connectivity index (χ4n) is 2.27. The molecule has 1 N–H and O–H groups in total. The van der Waals surface area contributed by atoms with Gasteiger partial charge in [-0.3, -0.25) is 4.79 Å². The van der Waals surface area contributed by atoms with Crippen molar-refractivity contribution in [3.63, 3.8) is 0 Å². The number of urea groups is 1. The van der Waals surface area contributed by atoms with E-state index in [-0.39, 0.29) is 24.5 Å². The fourth-order valence-corrected chi connectivity index (χ4v) is 2.27. The average molecular weight is 272 g/mol. The van der Waals surface area contributed by atoms with Crippen LogP contribution in [0.4, 0.5) is 4.79 Å². The number of carboxylic acid groups (broad SMARTS) is 1. The lowest BCUT2D eigenvalue weighted by atomic mass is 10.1. The predicted molar refractivity (Wildman–Crippen MR) is 71.0 cm³/mol. The maximum atomic E-state index is 12.4. The van der Waals surface area contributed by atoms with Gasteiger partial charge in [0.25, 0.3) is 0 Å². The van der Waals surface area contributed by atoms with Crippen molar-refractivity contribution in [2.24, 2.45) is 5.92 Å². The minimum atomic E-state index is -0.977. The molecule has 0 saturated carbocycles. The average Bonchev–Trinajstić information content (AvgIpc) is 2.36. The van der Waals surface area contributed by atoms with Gasteiger partial charge in [-0.2, -0.15) is 0 Å². The standard InChI is InChI=1S/C13H24N2O4/c1-10(2)8-15(9-12(16)17)13(18)14(3)11-4-6-19-7-5-11/h10-11H,4-9H2,1-3H3,(H,16,17). The third-order valence-electron chi connectivity index (χ3n) is 3.22. The molecule has 1 heterocycles. The van der Waals surface area contributed by atoms with E-state index in [9.17, 15) is 9.59 Å². The van der Waals surface area contributed by atoms with Crippen LogP contribution in [0.5, 0.6) is 0 Å². The maximum absolute atomic E-state index is 12.4. The molecule has 0 aromatic heterocycles. The van der Waals surface area contributed by atoms with Crippen LogP contribution in [0.15, 0.2) is 0 Å². The topological polar surface area (TPSA) is 70.1 Å². The van der Waals surface area contributed by atoms with Crippen LogP contribution >= 0.6 is 0 Å². The number of carbonyl (C=O) groups excluding carboxylic acids is 1. The Balaban J connectivity index is 2.64. The van der Waals surface area contributed by atoms with Gasteiger partial charge in [-0.05, 0) is 18.8 Å². The first-order valence-corrected chi connectivity index (χ1v) is 6.73. The molecular formula is C13H24N2O4. The van der Waals surface area contributed by atoms with Crippen LogP contribution in [0.1, 0.15) is 26.7 Å². The molecule has 1 aliphatic heterocycles. The minimum Gasteiger partial charge on any atom is -0.480 e. The quantitative estimate of drug-likeness (QED) is 0.818. The van der Waals surface area contributed by atoms with Gasteiger partial charge in [-0.25, -0.2) is 4.79 Å². The second-order valence-corrected chi connectivity index (χ2v) is 5.41.